The summed E-state index contributed by atoms with van der Waals surface area (Å²) in [5.74, 6) is 3.79. The van der Waals surface area contributed by atoms with E-state index in [1.807, 2.05) is 0 Å². The van der Waals surface area contributed by atoms with Crippen LogP contribution in [0.5, 0.6) is 0 Å². The molecule has 0 amide bonds. The molecule has 18 heavy (non-hydrogen) atoms. The molecule has 104 valence electrons. The van der Waals surface area contributed by atoms with Gasteiger partial charge in [0, 0.05) is 22.0 Å². The molecule has 0 radical (unpaired) electrons. The van der Waals surface area contributed by atoms with Crippen molar-refractivity contribution >= 4 is 23.5 Å². The normalized spacial score (nSPS) is 30.4. The molecule has 0 bridgehead atoms. The molecule has 1 saturated heterocycles. The summed E-state index contributed by atoms with van der Waals surface area (Å²) >= 11 is 4.28. The molecule has 3 unspecified atom stereocenters. The van der Waals surface area contributed by atoms with Crippen LogP contribution < -0.4 is 5.32 Å². The lowest BCUT2D eigenvalue weighted by Gasteiger charge is -2.37. The second-order valence-electron chi connectivity index (χ2n) is 4.79. The summed E-state index contributed by atoms with van der Waals surface area (Å²) in [6.07, 6.45) is 5.92. The third kappa shape index (κ3) is 3.61. The van der Waals surface area contributed by atoms with Crippen molar-refractivity contribution in [3.8, 4) is 0 Å². The third-order valence-electron chi connectivity index (χ3n) is 3.52. The summed E-state index contributed by atoms with van der Waals surface area (Å²) < 4.78 is 5.91. The van der Waals surface area contributed by atoms with Gasteiger partial charge in [-0.25, -0.2) is 0 Å². The van der Waals surface area contributed by atoms with Gasteiger partial charge in [-0.3, -0.25) is 0 Å². The lowest BCUT2D eigenvalue weighted by atomic mass is 10.0. The number of rotatable bonds is 5. The second-order valence-corrected chi connectivity index (χ2v) is 7.42. The Morgan fingerprint density at radius 1 is 1.39 bits per heavy atom. The zero-order valence-electron chi connectivity index (χ0n) is 11.5. The highest BCUT2D eigenvalue weighted by atomic mass is 32.2. The first kappa shape index (κ1) is 14.6. The van der Waals surface area contributed by atoms with Crippen molar-refractivity contribution in [3.05, 3.63) is 11.8 Å². The topological polar surface area (TPSA) is 21.3 Å². The third-order valence-corrected chi connectivity index (χ3v) is 6.87. The van der Waals surface area contributed by atoms with Crippen LogP contribution in [0.3, 0.4) is 0 Å². The standard InChI is InChI=1S/C14H25NOS2/c1-3-12-14(18-10-9-17-12)13(15-4-2)11-7-5-6-8-16-11/h7,12-15H,3-6,8-10H2,1-2H3. The largest absolute Gasteiger partial charge is 0.497 e. The van der Waals surface area contributed by atoms with Gasteiger partial charge in [0.15, 0.2) is 0 Å². The van der Waals surface area contributed by atoms with Crippen LogP contribution in [-0.4, -0.2) is 41.2 Å². The molecule has 0 aliphatic carbocycles. The van der Waals surface area contributed by atoms with Crippen molar-refractivity contribution in [2.75, 3.05) is 24.7 Å². The highest BCUT2D eigenvalue weighted by Crippen LogP contribution is 2.37. The Hall–Kier alpha value is 0.200. The summed E-state index contributed by atoms with van der Waals surface area (Å²) in [4.78, 5) is 0. The van der Waals surface area contributed by atoms with Crippen LogP contribution in [0.1, 0.15) is 33.1 Å². The number of ether oxygens (including phenoxy) is 1. The van der Waals surface area contributed by atoms with E-state index in [2.05, 4.69) is 48.8 Å². The Morgan fingerprint density at radius 2 is 2.22 bits per heavy atom. The summed E-state index contributed by atoms with van der Waals surface area (Å²) in [6.45, 7) is 6.42. The predicted molar refractivity (Wildman–Crippen MR) is 83.5 cm³/mol. The van der Waals surface area contributed by atoms with E-state index in [9.17, 15) is 0 Å². The van der Waals surface area contributed by atoms with E-state index in [4.69, 9.17) is 4.74 Å². The Kier molecular flexibility index (Phi) is 6.25. The van der Waals surface area contributed by atoms with E-state index in [0.717, 1.165) is 18.4 Å². The van der Waals surface area contributed by atoms with Crippen LogP contribution in [0.4, 0.5) is 0 Å². The first-order chi connectivity index (χ1) is 8.86. The molecule has 1 N–H and O–H groups in total. The van der Waals surface area contributed by atoms with Crippen LogP contribution in [0.25, 0.3) is 0 Å². The fourth-order valence-electron chi connectivity index (χ4n) is 2.64. The smallest absolute Gasteiger partial charge is 0.110 e. The Morgan fingerprint density at radius 3 is 2.89 bits per heavy atom. The average molecular weight is 287 g/mol. The Labute approximate surface area is 120 Å². The maximum Gasteiger partial charge on any atom is 0.110 e. The summed E-state index contributed by atoms with van der Waals surface area (Å²) in [5.41, 5.74) is 0. The van der Waals surface area contributed by atoms with E-state index < -0.39 is 0 Å². The number of nitrogens with one attached hydrogen (secondary N) is 1. The molecule has 4 heteroatoms. The van der Waals surface area contributed by atoms with Crippen molar-refractivity contribution in [3.63, 3.8) is 0 Å². The number of hydrogen-bond donors (Lipinski definition) is 1. The number of thioether (sulfide) groups is 2. The van der Waals surface area contributed by atoms with Crippen molar-refractivity contribution in [2.24, 2.45) is 0 Å². The van der Waals surface area contributed by atoms with Crippen LogP contribution in [0, 0.1) is 0 Å². The maximum atomic E-state index is 5.91. The molecule has 1 fully saturated rings. The van der Waals surface area contributed by atoms with E-state index in [-0.39, 0.29) is 0 Å². The van der Waals surface area contributed by atoms with Crippen LogP contribution in [0.2, 0.25) is 0 Å². The maximum absolute atomic E-state index is 5.91. The molecule has 0 aromatic heterocycles. The van der Waals surface area contributed by atoms with Gasteiger partial charge in [0.1, 0.15) is 5.76 Å². The van der Waals surface area contributed by atoms with Gasteiger partial charge in [-0.05, 0) is 31.9 Å². The van der Waals surface area contributed by atoms with Gasteiger partial charge in [-0.2, -0.15) is 23.5 Å². The highest BCUT2D eigenvalue weighted by molar-refractivity contribution is 8.07. The molecule has 2 aliphatic heterocycles. The second kappa shape index (κ2) is 7.71. The number of allylic oxidation sites excluding steroid dienone is 1. The van der Waals surface area contributed by atoms with Crippen LogP contribution in [0.15, 0.2) is 11.8 Å². The molecule has 0 aromatic rings. The van der Waals surface area contributed by atoms with Gasteiger partial charge < -0.3 is 10.1 Å². The quantitative estimate of drug-likeness (QED) is 0.837. The first-order valence-electron chi connectivity index (χ1n) is 7.16. The summed E-state index contributed by atoms with van der Waals surface area (Å²) in [6, 6.07) is 0.415. The van der Waals surface area contributed by atoms with Gasteiger partial charge in [0.05, 0.1) is 12.6 Å². The molecule has 2 heterocycles. The predicted octanol–water partition coefficient (Wildman–Crippen LogP) is 3.29. The average Bonchev–Trinajstić information content (AvgIpc) is 2.46. The Balaban J connectivity index is 2.09. The van der Waals surface area contributed by atoms with E-state index in [1.54, 1.807) is 0 Å². The van der Waals surface area contributed by atoms with E-state index >= 15 is 0 Å². The van der Waals surface area contributed by atoms with Crippen LogP contribution in [-0.2, 0) is 4.74 Å². The van der Waals surface area contributed by atoms with Crippen LogP contribution >= 0.6 is 23.5 Å². The van der Waals surface area contributed by atoms with Gasteiger partial charge in [-0.1, -0.05) is 13.8 Å². The minimum Gasteiger partial charge on any atom is -0.497 e. The lowest BCUT2D eigenvalue weighted by molar-refractivity contribution is 0.166. The van der Waals surface area contributed by atoms with Crippen molar-refractivity contribution in [2.45, 2.75) is 49.7 Å². The Bertz CT molecular complexity index is 283. The highest BCUT2D eigenvalue weighted by Gasteiger charge is 2.34. The zero-order valence-corrected chi connectivity index (χ0v) is 13.1. The van der Waals surface area contributed by atoms with Crippen molar-refractivity contribution in [1.29, 1.82) is 0 Å². The number of hydrogen-bond acceptors (Lipinski definition) is 4. The molecular formula is C14H25NOS2. The van der Waals surface area contributed by atoms with Crippen molar-refractivity contribution in [1.82, 2.24) is 5.32 Å². The van der Waals surface area contributed by atoms with Gasteiger partial charge in [0.2, 0.25) is 0 Å². The van der Waals surface area contributed by atoms with Gasteiger partial charge in [0.25, 0.3) is 0 Å². The fourth-order valence-corrected chi connectivity index (χ4v) is 5.87. The van der Waals surface area contributed by atoms with Gasteiger partial charge in [-0.15, -0.1) is 0 Å². The minimum atomic E-state index is 0.415. The molecule has 0 spiro atoms. The first-order valence-corrected chi connectivity index (χ1v) is 9.26. The summed E-state index contributed by atoms with van der Waals surface area (Å²) in [7, 11) is 0. The molecule has 2 nitrogen and oxygen atoms in total. The van der Waals surface area contributed by atoms with Crippen molar-refractivity contribution < 1.29 is 4.74 Å². The van der Waals surface area contributed by atoms with E-state index in [0.29, 0.717) is 11.3 Å². The van der Waals surface area contributed by atoms with Gasteiger partial charge >= 0.3 is 0 Å². The SMILES string of the molecule is CCNC(C1=CCCCO1)C1SCCSC1CC. The molecule has 2 rings (SSSR count). The summed E-state index contributed by atoms with van der Waals surface area (Å²) in [5, 5.41) is 5.09. The molecule has 2 aliphatic rings. The molecule has 0 aromatic carbocycles. The monoisotopic (exact) mass is 287 g/mol. The lowest BCUT2D eigenvalue weighted by Crippen LogP contribution is -2.47. The molecule has 0 saturated carbocycles. The molecule has 3 atom stereocenters. The molecular weight excluding hydrogens is 262 g/mol. The van der Waals surface area contributed by atoms with E-state index in [1.165, 1.54) is 36.5 Å². The fraction of sp³-hybridized carbons (Fsp3) is 0.857. The zero-order chi connectivity index (χ0) is 12.8. The minimum absolute atomic E-state index is 0.415. The number of likely N-dealkylation sites (N-methyl/N-ethyl adjacent to an activating group) is 1.